The quantitative estimate of drug-likeness (QED) is 0.0343. The van der Waals surface area contributed by atoms with Crippen molar-refractivity contribution >= 4 is 153 Å². The van der Waals surface area contributed by atoms with Crippen molar-refractivity contribution in [2.24, 2.45) is 0 Å². The van der Waals surface area contributed by atoms with E-state index in [-0.39, 0.29) is 0 Å². The van der Waals surface area contributed by atoms with Gasteiger partial charge in [0.05, 0.1) is 66.3 Å². The molecule has 140 heavy (non-hydrogen) atoms. The molecule has 6 aromatic heterocycles. The summed E-state index contributed by atoms with van der Waals surface area (Å²) in [4.78, 5) is 0. The van der Waals surface area contributed by atoms with E-state index >= 15 is 0 Å². The molecular formula is C132H98N8. The molecule has 0 saturated heterocycles. The summed E-state index contributed by atoms with van der Waals surface area (Å²) in [6.45, 7) is 6.28. The second-order valence-electron chi connectivity index (χ2n) is 37.4. The summed E-state index contributed by atoms with van der Waals surface area (Å²) >= 11 is 0. The average Bonchev–Trinajstić information content (AvgIpc) is 1.52. The third-order valence-corrected chi connectivity index (χ3v) is 29.4. The van der Waals surface area contributed by atoms with Crippen LogP contribution in [0.15, 0.2) is 437 Å². The first kappa shape index (κ1) is 84.2. The Bertz CT molecular complexity index is 8260. The van der Waals surface area contributed by atoms with Crippen LogP contribution in [0.2, 0.25) is 0 Å². The minimum atomic E-state index is 0.587. The lowest BCUT2D eigenvalue weighted by Crippen LogP contribution is -2.02. The Balaban J connectivity index is 0.642. The van der Waals surface area contributed by atoms with E-state index in [1.54, 1.807) is 0 Å². The number of allylic oxidation sites excluding steroid dienone is 2. The second kappa shape index (κ2) is 35.6. The summed E-state index contributed by atoms with van der Waals surface area (Å²) in [6.07, 6.45) is 8.83. The molecule has 0 fully saturated rings. The molecule has 0 unspecified atom stereocenters. The summed E-state index contributed by atoms with van der Waals surface area (Å²) in [5, 5.41) is 38.5. The molecule has 0 aliphatic heterocycles. The van der Waals surface area contributed by atoms with Gasteiger partial charge in [-0.1, -0.05) is 368 Å². The van der Waals surface area contributed by atoms with Gasteiger partial charge in [-0.25, -0.2) is 0 Å². The Morgan fingerprint density at radius 3 is 0.693 bits per heavy atom. The van der Waals surface area contributed by atoms with Crippen molar-refractivity contribution in [3.8, 4) is 79.4 Å². The largest absolute Gasteiger partial charge is 0.340 e. The van der Waals surface area contributed by atoms with Crippen LogP contribution in [0.4, 0.5) is 0 Å². The van der Waals surface area contributed by atoms with Gasteiger partial charge in [-0.3, -0.25) is 0 Å². The molecule has 0 aliphatic carbocycles. The van der Waals surface area contributed by atoms with Crippen LogP contribution in [0, 0.1) is 22.7 Å². The smallest absolute Gasteiger partial charge is 0.100 e. The number of nitrogens with zero attached hydrogens (tertiary/aromatic N) is 8. The molecule has 0 aliphatic rings. The number of rotatable bonds is 24. The zero-order valence-corrected chi connectivity index (χ0v) is 78.2. The van der Waals surface area contributed by atoms with Gasteiger partial charge in [0, 0.05) is 134 Å². The van der Waals surface area contributed by atoms with Crippen molar-refractivity contribution in [1.82, 2.24) is 27.4 Å². The van der Waals surface area contributed by atoms with Crippen molar-refractivity contribution in [3.63, 3.8) is 0 Å². The van der Waals surface area contributed by atoms with E-state index in [0.29, 0.717) is 11.1 Å². The van der Waals surface area contributed by atoms with Gasteiger partial charge in [-0.15, -0.1) is 0 Å². The van der Waals surface area contributed by atoms with Crippen molar-refractivity contribution in [2.75, 3.05) is 0 Å². The fourth-order valence-electron chi connectivity index (χ4n) is 23.0. The van der Waals surface area contributed by atoms with Gasteiger partial charge in [0.1, 0.15) is 12.1 Å². The third-order valence-electron chi connectivity index (χ3n) is 29.4. The normalized spacial score (nSPS) is 11.8. The molecule has 8 nitrogen and oxygen atoms in total. The van der Waals surface area contributed by atoms with Crippen LogP contribution in [-0.2, 0) is 13.1 Å². The van der Waals surface area contributed by atoms with E-state index in [1.807, 2.05) is 0 Å². The molecule has 25 aromatic rings. The lowest BCUT2D eigenvalue weighted by atomic mass is 9.88. The fraction of sp³-hybridized carbons (Fsp3) is 0.0909. The Labute approximate surface area is 813 Å². The molecule has 8 heteroatoms. The molecule has 19 aromatic carbocycles. The summed E-state index contributed by atoms with van der Waals surface area (Å²) < 4.78 is 14.8. The number of hydrogen-bond acceptors (Lipinski definition) is 2. The predicted molar refractivity (Wildman–Crippen MR) is 589 cm³/mol. The van der Waals surface area contributed by atoms with Crippen LogP contribution in [0.5, 0.6) is 0 Å². The average molecular weight is 1800 g/mol. The third kappa shape index (κ3) is 14.2. The highest BCUT2D eigenvalue weighted by atomic mass is 15.0. The maximum atomic E-state index is 12.0. The first-order valence-electron chi connectivity index (χ1n) is 49.4. The Kier molecular flexibility index (Phi) is 21.4. The van der Waals surface area contributed by atoms with Crippen LogP contribution in [0.25, 0.3) is 220 Å². The highest BCUT2D eigenvalue weighted by Crippen LogP contribution is 2.53. The predicted octanol–water partition coefficient (Wildman–Crippen LogP) is 35.1. The summed E-state index contributed by atoms with van der Waals surface area (Å²) in [5.74, 6) is 0. The van der Waals surface area contributed by atoms with Crippen LogP contribution in [0.3, 0.4) is 0 Å². The molecule has 0 saturated carbocycles. The molecule has 6 heterocycles. The monoisotopic (exact) mass is 1790 g/mol. The number of unbranched alkanes of at least 4 members (excludes halogenated alkanes) is 6. The first-order chi connectivity index (χ1) is 69.4. The van der Waals surface area contributed by atoms with Gasteiger partial charge < -0.3 is 27.4 Å². The lowest BCUT2D eigenvalue weighted by Gasteiger charge is -2.18. The minimum Gasteiger partial charge on any atom is -0.340 e. The number of aryl methyl sites for hydroxylation is 2. The van der Waals surface area contributed by atoms with E-state index in [0.717, 1.165) is 198 Å². The number of hydrogen-bond donors (Lipinski definition) is 0. The van der Waals surface area contributed by atoms with Crippen LogP contribution in [-0.4, -0.2) is 27.4 Å². The van der Waals surface area contributed by atoms with E-state index in [1.165, 1.54) is 109 Å². The van der Waals surface area contributed by atoms with Crippen molar-refractivity contribution in [2.45, 2.75) is 78.3 Å². The molecule has 0 N–H and O–H groups in total. The fourth-order valence-corrected chi connectivity index (χ4v) is 23.0. The van der Waals surface area contributed by atoms with E-state index in [2.05, 4.69) is 490 Å². The van der Waals surface area contributed by atoms with Crippen LogP contribution in [0.1, 0.15) is 98.6 Å². The first-order valence-corrected chi connectivity index (χ1v) is 49.4. The molecule has 25 rings (SSSR count). The minimum absolute atomic E-state index is 0.587. The second-order valence-corrected chi connectivity index (χ2v) is 37.4. The van der Waals surface area contributed by atoms with Gasteiger partial charge in [-0.2, -0.15) is 10.5 Å². The highest BCUT2D eigenvalue weighted by molar-refractivity contribution is 6.33. The zero-order chi connectivity index (χ0) is 93.4. The van der Waals surface area contributed by atoms with Crippen molar-refractivity contribution in [3.05, 3.63) is 470 Å². The maximum absolute atomic E-state index is 12.0. The van der Waals surface area contributed by atoms with Gasteiger partial charge in [0.15, 0.2) is 0 Å². The molecule has 0 atom stereocenters. The SMILES string of the molecule is CCCCCCn1c2ccc(-c3ccc(C(C#N)=C(c4ccc(-n5c6ccccc6c6ccccc65)cc4)c4ccc(-n5c6ccccc6c6ccccc65)cc4)cc3)cc2c2c(-c3ccccc3)c3c(c(-c4ccccc4)c21)c1cc(-c2ccc(C(C#N)=C(c4ccc(-n5c6ccccc6c6ccccc65)cc4)c4ccc(-n5c6ccccc6c6ccccc65)cc4)cc2)ccc1n3CCCCCC. The molecule has 0 amide bonds. The topological polar surface area (TPSA) is 77.2 Å². The number of fused-ring (bicyclic) bond motifs is 18. The zero-order valence-electron chi connectivity index (χ0n) is 78.2. The Hall–Kier alpha value is -17.6. The maximum Gasteiger partial charge on any atom is 0.100 e. The molecule has 0 spiro atoms. The summed E-state index contributed by atoms with van der Waals surface area (Å²) in [6, 6.07) is 165. The van der Waals surface area contributed by atoms with Gasteiger partial charge in [0.2, 0.25) is 0 Å². The Morgan fingerprint density at radius 2 is 0.443 bits per heavy atom. The summed E-state index contributed by atoms with van der Waals surface area (Å²) in [7, 11) is 0. The van der Waals surface area contributed by atoms with Crippen molar-refractivity contribution < 1.29 is 0 Å². The number of benzene rings is 19. The molecular weight excluding hydrogens is 1700 g/mol. The van der Waals surface area contributed by atoms with Gasteiger partial charge >= 0.3 is 0 Å². The lowest BCUT2D eigenvalue weighted by molar-refractivity contribution is 0.602. The molecule has 666 valence electrons. The van der Waals surface area contributed by atoms with E-state index in [9.17, 15) is 10.5 Å². The standard InChI is InChI=1S/C132H98N8/c1-3-5-7-31-81-135-115-79-69-97(87-53-57-89(58-54-87)113(85-133)125(93-61-71-99(72-62-93)137-117-45-23-15-37-103(117)104-38-16-24-46-118(104)137)94-63-73-100(74-64-94)138-119-47-25-17-39-105(119)106-40-18-26-48-120(106)138)83-111(115)129-128(92-35-13-10-14-36-92)132-130(127(131(129)135)91-33-11-9-12-34-91)112-84-98(70-80-116(112)136(132)82-32-8-6-4-2)88-55-59-90(60-56-88)114(86-134)126(95-65-75-101(76-66-95)139-121-49-27-19-41-107(121)108-42-20-28-50-122(108)139)96-67-77-102(78-68-96)140-123-51-29-21-43-109(123)110-44-22-30-52-124(110)140/h9-30,33-80,83-84H,3-8,31-32,81-82H2,1-2H3. The van der Waals surface area contributed by atoms with Gasteiger partial charge in [-0.05, 0) is 201 Å². The molecule has 0 radical (unpaired) electrons. The number of aromatic nitrogens is 6. The van der Waals surface area contributed by atoms with Crippen LogP contribution >= 0.6 is 0 Å². The van der Waals surface area contributed by atoms with Crippen molar-refractivity contribution in [1.29, 1.82) is 10.5 Å². The Morgan fingerprint density at radius 1 is 0.207 bits per heavy atom. The van der Waals surface area contributed by atoms with Gasteiger partial charge in [0.25, 0.3) is 0 Å². The van der Waals surface area contributed by atoms with Crippen LogP contribution < -0.4 is 0 Å². The number of para-hydroxylation sites is 8. The summed E-state index contributed by atoms with van der Waals surface area (Å²) in [5.41, 5.74) is 35.7. The molecule has 0 bridgehead atoms. The van der Waals surface area contributed by atoms with E-state index in [4.69, 9.17) is 0 Å². The number of nitriles is 2. The highest BCUT2D eigenvalue weighted by Gasteiger charge is 2.31. The van der Waals surface area contributed by atoms with E-state index < -0.39 is 0 Å².